The Morgan fingerprint density at radius 1 is 1.29 bits per heavy atom. The van der Waals surface area contributed by atoms with E-state index in [-0.39, 0.29) is 24.1 Å². The second-order valence-electron chi connectivity index (χ2n) is 6.35. The fourth-order valence-corrected chi connectivity index (χ4v) is 4.78. The van der Waals surface area contributed by atoms with Crippen LogP contribution >= 0.6 is 35.1 Å². The van der Waals surface area contributed by atoms with E-state index in [1.807, 2.05) is 17.5 Å². The number of fused-ring (bicyclic) bond motifs is 1. The predicted octanol–water partition coefficient (Wildman–Crippen LogP) is 4.29. The van der Waals surface area contributed by atoms with Gasteiger partial charge >= 0.3 is 0 Å². The molecule has 5 nitrogen and oxygen atoms in total. The van der Waals surface area contributed by atoms with Crippen molar-refractivity contribution in [1.82, 2.24) is 9.88 Å². The van der Waals surface area contributed by atoms with Crippen LogP contribution in [-0.4, -0.2) is 55.2 Å². The van der Waals surface area contributed by atoms with Gasteiger partial charge in [0.05, 0.1) is 28.3 Å². The molecule has 150 valence electrons. The van der Waals surface area contributed by atoms with Gasteiger partial charge in [0.25, 0.3) is 5.91 Å². The van der Waals surface area contributed by atoms with Crippen molar-refractivity contribution in [3.8, 4) is 0 Å². The molecule has 3 aromatic rings. The first-order chi connectivity index (χ1) is 13.2. The van der Waals surface area contributed by atoms with Crippen LogP contribution in [0, 0.1) is 5.82 Å². The lowest BCUT2D eigenvalue weighted by Gasteiger charge is -2.27. The molecule has 28 heavy (non-hydrogen) atoms. The topological polar surface area (TPSA) is 45.7 Å². The van der Waals surface area contributed by atoms with Gasteiger partial charge in [-0.15, -0.1) is 23.7 Å². The molecule has 1 aromatic carbocycles. The molecule has 0 unspecified atom stereocenters. The summed E-state index contributed by atoms with van der Waals surface area (Å²) in [5.41, 5.74) is 0.716. The third-order valence-corrected chi connectivity index (χ3v) is 6.41. The van der Waals surface area contributed by atoms with Gasteiger partial charge in [0.15, 0.2) is 5.13 Å². The normalized spacial score (nSPS) is 14.8. The van der Waals surface area contributed by atoms with E-state index in [1.54, 1.807) is 11.0 Å². The fraction of sp³-hybridized carbons (Fsp3) is 0.368. The molecule has 0 N–H and O–H groups in total. The molecule has 1 fully saturated rings. The molecule has 0 radical (unpaired) electrons. The predicted molar refractivity (Wildman–Crippen MR) is 115 cm³/mol. The highest BCUT2D eigenvalue weighted by Crippen LogP contribution is 2.31. The molecule has 4 rings (SSSR count). The quantitative estimate of drug-likeness (QED) is 0.572. The number of anilines is 1. The van der Waals surface area contributed by atoms with Crippen LogP contribution in [-0.2, 0) is 4.74 Å². The van der Waals surface area contributed by atoms with Gasteiger partial charge in [0.2, 0.25) is 0 Å². The molecule has 2 aromatic heterocycles. The Morgan fingerprint density at radius 3 is 2.86 bits per heavy atom. The lowest BCUT2D eigenvalue weighted by Crippen LogP contribution is -2.39. The average Bonchev–Trinajstić information content (AvgIpc) is 3.35. The zero-order valence-electron chi connectivity index (χ0n) is 15.2. The van der Waals surface area contributed by atoms with Gasteiger partial charge in [-0.2, -0.15) is 0 Å². The SMILES string of the molecule is Cl.O=C(c1cccs1)N(CCCN1CCOCC1)c1nc2ccc(F)cc2s1. The highest BCUT2D eigenvalue weighted by Gasteiger charge is 2.22. The van der Waals surface area contributed by atoms with Gasteiger partial charge in [-0.05, 0) is 36.1 Å². The van der Waals surface area contributed by atoms with Crippen molar-refractivity contribution in [3.05, 3.63) is 46.4 Å². The van der Waals surface area contributed by atoms with E-state index in [0.29, 0.717) is 22.1 Å². The molecule has 0 atom stereocenters. The van der Waals surface area contributed by atoms with Crippen LogP contribution in [0.3, 0.4) is 0 Å². The number of nitrogens with zero attached hydrogens (tertiary/aromatic N) is 3. The number of benzene rings is 1. The lowest BCUT2D eigenvalue weighted by atomic mass is 10.3. The Morgan fingerprint density at radius 2 is 2.11 bits per heavy atom. The van der Waals surface area contributed by atoms with Crippen molar-refractivity contribution < 1.29 is 13.9 Å². The lowest BCUT2D eigenvalue weighted by molar-refractivity contribution is 0.0376. The van der Waals surface area contributed by atoms with Crippen LogP contribution in [0.25, 0.3) is 10.2 Å². The number of hydrogen-bond acceptors (Lipinski definition) is 6. The van der Waals surface area contributed by atoms with Crippen LogP contribution in [0.1, 0.15) is 16.1 Å². The number of morpholine rings is 1. The Balaban J connectivity index is 0.00000225. The van der Waals surface area contributed by atoms with E-state index in [1.165, 1.54) is 34.8 Å². The molecule has 1 aliphatic rings. The highest BCUT2D eigenvalue weighted by atomic mass is 35.5. The minimum Gasteiger partial charge on any atom is -0.379 e. The summed E-state index contributed by atoms with van der Waals surface area (Å²) in [6, 6.07) is 8.23. The maximum absolute atomic E-state index is 13.5. The molecule has 1 amide bonds. The van der Waals surface area contributed by atoms with E-state index in [0.717, 1.165) is 44.0 Å². The molecule has 0 saturated carbocycles. The third-order valence-electron chi connectivity index (χ3n) is 4.51. The highest BCUT2D eigenvalue weighted by molar-refractivity contribution is 7.22. The average molecular weight is 442 g/mol. The Hall–Kier alpha value is -1.58. The molecule has 9 heteroatoms. The number of carbonyl (C=O) groups is 1. The minimum absolute atomic E-state index is 0. The zero-order valence-corrected chi connectivity index (χ0v) is 17.6. The van der Waals surface area contributed by atoms with Gasteiger partial charge in [-0.3, -0.25) is 14.6 Å². The first-order valence-electron chi connectivity index (χ1n) is 8.92. The van der Waals surface area contributed by atoms with Gasteiger partial charge in [-0.1, -0.05) is 17.4 Å². The number of rotatable bonds is 6. The number of carbonyl (C=O) groups excluding carboxylic acids is 1. The van der Waals surface area contributed by atoms with Crippen LogP contribution < -0.4 is 4.90 Å². The molecule has 0 spiro atoms. The van der Waals surface area contributed by atoms with E-state index in [4.69, 9.17) is 4.74 Å². The summed E-state index contributed by atoms with van der Waals surface area (Å²) < 4.78 is 19.7. The number of thiazole rings is 1. The Bertz CT molecular complexity index is 913. The van der Waals surface area contributed by atoms with Crippen molar-refractivity contribution in [2.75, 3.05) is 44.3 Å². The van der Waals surface area contributed by atoms with E-state index in [2.05, 4.69) is 9.88 Å². The van der Waals surface area contributed by atoms with Crippen molar-refractivity contribution >= 4 is 56.3 Å². The summed E-state index contributed by atoms with van der Waals surface area (Å²) in [7, 11) is 0. The monoisotopic (exact) mass is 441 g/mol. The minimum atomic E-state index is -0.291. The largest absolute Gasteiger partial charge is 0.379 e. The summed E-state index contributed by atoms with van der Waals surface area (Å²) >= 11 is 2.78. The molecule has 0 aliphatic carbocycles. The number of thiophene rings is 1. The number of ether oxygens (including phenoxy) is 1. The molecule has 3 heterocycles. The third kappa shape index (κ3) is 4.87. The standard InChI is InChI=1S/C19H20FN3O2S2.ClH/c20-14-4-5-15-17(13-14)27-19(21-15)23(18(24)16-3-1-12-26-16)7-2-6-22-8-10-25-11-9-22;/h1,3-5,12-13H,2,6-11H2;1H. The molecular formula is C19H21ClFN3O2S2. The number of halogens is 2. The summed E-state index contributed by atoms with van der Waals surface area (Å²) in [5, 5.41) is 2.52. The molecule has 1 aliphatic heterocycles. The summed E-state index contributed by atoms with van der Waals surface area (Å²) in [4.78, 5) is 22.4. The second kappa shape index (κ2) is 9.76. The fourth-order valence-electron chi connectivity index (χ4n) is 3.10. The first kappa shape index (κ1) is 21.1. The Labute approximate surface area is 177 Å². The number of amides is 1. The van der Waals surface area contributed by atoms with Crippen molar-refractivity contribution in [2.45, 2.75) is 6.42 Å². The maximum Gasteiger partial charge on any atom is 0.270 e. The summed E-state index contributed by atoms with van der Waals surface area (Å²) in [6.07, 6.45) is 0.849. The van der Waals surface area contributed by atoms with Gasteiger partial charge in [0, 0.05) is 26.2 Å². The van der Waals surface area contributed by atoms with Crippen molar-refractivity contribution in [3.63, 3.8) is 0 Å². The van der Waals surface area contributed by atoms with Crippen LogP contribution in [0.15, 0.2) is 35.7 Å². The van der Waals surface area contributed by atoms with Crippen LogP contribution in [0.2, 0.25) is 0 Å². The van der Waals surface area contributed by atoms with Crippen LogP contribution in [0.5, 0.6) is 0 Å². The molecule has 0 bridgehead atoms. The second-order valence-corrected chi connectivity index (χ2v) is 8.31. The summed E-state index contributed by atoms with van der Waals surface area (Å²) in [6.45, 7) is 4.88. The first-order valence-corrected chi connectivity index (χ1v) is 10.6. The molecule has 1 saturated heterocycles. The van der Waals surface area contributed by atoms with Gasteiger partial charge in [0.1, 0.15) is 5.82 Å². The van der Waals surface area contributed by atoms with Gasteiger partial charge in [-0.25, -0.2) is 9.37 Å². The Kier molecular flexibility index (Phi) is 7.36. The van der Waals surface area contributed by atoms with Gasteiger partial charge < -0.3 is 4.74 Å². The van der Waals surface area contributed by atoms with E-state index >= 15 is 0 Å². The van der Waals surface area contributed by atoms with Crippen molar-refractivity contribution in [1.29, 1.82) is 0 Å². The van der Waals surface area contributed by atoms with Crippen LogP contribution in [0.4, 0.5) is 9.52 Å². The van der Waals surface area contributed by atoms with E-state index in [9.17, 15) is 9.18 Å². The number of hydrogen-bond donors (Lipinski definition) is 0. The zero-order chi connectivity index (χ0) is 18.6. The van der Waals surface area contributed by atoms with E-state index < -0.39 is 0 Å². The van der Waals surface area contributed by atoms with Crippen molar-refractivity contribution in [2.24, 2.45) is 0 Å². The maximum atomic E-state index is 13.5. The smallest absolute Gasteiger partial charge is 0.270 e. The number of aromatic nitrogens is 1. The summed E-state index contributed by atoms with van der Waals surface area (Å²) in [5.74, 6) is -0.340. The molecular weight excluding hydrogens is 421 g/mol.